The molecule has 0 aliphatic rings. The maximum Gasteiger partial charge on any atom is 0.273 e. The Morgan fingerprint density at radius 1 is 1.00 bits per heavy atom. The van der Waals surface area contributed by atoms with Gasteiger partial charge in [-0.2, -0.15) is 0 Å². The number of benzene rings is 2. The molecular weight excluding hydrogens is 382 g/mol. The highest BCUT2D eigenvalue weighted by molar-refractivity contribution is 5.80. The van der Waals surface area contributed by atoms with Crippen molar-refractivity contribution in [2.45, 2.75) is 25.8 Å². The first-order chi connectivity index (χ1) is 14.6. The summed E-state index contributed by atoms with van der Waals surface area (Å²) in [7, 11) is 1.60. The summed E-state index contributed by atoms with van der Waals surface area (Å²) in [6, 6.07) is 16.8. The predicted molar refractivity (Wildman–Crippen MR) is 117 cm³/mol. The molecule has 0 atom stereocenters. The Hall–Kier alpha value is -3.19. The van der Waals surface area contributed by atoms with E-state index in [0.717, 1.165) is 12.8 Å². The number of methoxy groups -OCH3 is 1. The fourth-order valence-corrected chi connectivity index (χ4v) is 3.45. The van der Waals surface area contributed by atoms with E-state index in [-0.39, 0.29) is 30.0 Å². The van der Waals surface area contributed by atoms with Crippen LogP contribution in [0.1, 0.15) is 18.4 Å². The van der Waals surface area contributed by atoms with E-state index in [1.807, 2.05) is 18.2 Å². The Bertz CT molecular complexity index is 1090. The number of aromatic amines is 1. The highest BCUT2D eigenvalue weighted by Crippen LogP contribution is 2.06. The lowest BCUT2D eigenvalue weighted by atomic mass is 10.1. The molecule has 1 heterocycles. The number of hydrogen-bond acceptors (Lipinski definition) is 4. The van der Waals surface area contributed by atoms with Gasteiger partial charge in [-0.1, -0.05) is 42.5 Å². The smallest absolute Gasteiger partial charge is 0.273 e. The summed E-state index contributed by atoms with van der Waals surface area (Å²) in [4.78, 5) is 39.4. The van der Waals surface area contributed by atoms with E-state index in [1.165, 1.54) is 10.2 Å². The van der Waals surface area contributed by atoms with Crippen LogP contribution in [-0.4, -0.2) is 47.4 Å². The van der Waals surface area contributed by atoms with E-state index in [4.69, 9.17) is 4.74 Å². The number of aromatic nitrogens is 2. The summed E-state index contributed by atoms with van der Waals surface area (Å²) >= 11 is 0. The maximum atomic E-state index is 12.8. The lowest BCUT2D eigenvalue weighted by Gasteiger charge is -2.22. The van der Waals surface area contributed by atoms with Gasteiger partial charge in [0.25, 0.3) is 11.1 Å². The normalized spacial score (nSPS) is 11.0. The molecule has 0 unspecified atom stereocenters. The lowest BCUT2D eigenvalue weighted by Crippen LogP contribution is -2.37. The summed E-state index contributed by atoms with van der Waals surface area (Å²) in [6.45, 7) is 1.68. The molecule has 0 aliphatic heterocycles. The van der Waals surface area contributed by atoms with Gasteiger partial charge < -0.3 is 9.64 Å². The molecule has 30 heavy (non-hydrogen) atoms. The fourth-order valence-electron chi connectivity index (χ4n) is 3.45. The van der Waals surface area contributed by atoms with Gasteiger partial charge in [-0.05, 0) is 30.5 Å². The van der Waals surface area contributed by atoms with Gasteiger partial charge in [0.05, 0.1) is 23.9 Å². The monoisotopic (exact) mass is 409 g/mol. The van der Waals surface area contributed by atoms with Gasteiger partial charge in [-0.15, -0.1) is 0 Å². The summed E-state index contributed by atoms with van der Waals surface area (Å²) < 4.78 is 6.36. The molecule has 2 aromatic carbocycles. The number of rotatable bonds is 10. The molecule has 0 radical (unpaired) electrons. The van der Waals surface area contributed by atoms with Crippen molar-refractivity contribution in [1.29, 1.82) is 0 Å². The molecule has 1 aromatic heterocycles. The average molecular weight is 409 g/mol. The van der Waals surface area contributed by atoms with Crippen molar-refractivity contribution in [3.05, 3.63) is 80.9 Å². The Kier molecular flexibility index (Phi) is 7.57. The third kappa shape index (κ3) is 5.45. The Morgan fingerprint density at radius 2 is 1.70 bits per heavy atom. The van der Waals surface area contributed by atoms with E-state index in [1.54, 1.807) is 36.3 Å². The molecule has 0 saturated carbocycles. The molecule has 3 rings (SSSR count). The largest absolute Gasteiger partial charge is 0.383 e. The average Bonchev–Trinajstić information content (AvgIpc) is 2.78. The van der Waals surface area contributed by atoms with Crippen LogP contribution in [-0.2, 0) is 22.5 Å². The summed E-state index contributed by atoms with van der Waals surface area (Å²) in [5.41, 5.74) is 0.596. The first kappa shape index (κ1) is 21.5. The van der Waals surface area contributed by atoms with Gasteiger partial charge in [0.15, 0.2) is 0 Å². The highest BCUT2D eigenvalue weighted by Gasteiger charge is 2.14. The van der Waals surface area contributed by atoms with E-state index < -0.39 is 0 Å². The quantitative estimate of drug-likeness (QED) is 0.556. The molecule has 0 aliphatic carbocycles. The standard InChI is InChI=1S/C23H27N3O4/c1-30-17-16-25(14-7-10-18-8-3-2-4-9-18)21(27)13-15-26-23(29)20-12-6-5-11-19(20)22(28)24-26/h2-6,8-9,11-12H,7,10,13-17H2,1H3,(H,24,28). The molecule has 1 N–H and O–H groups in total. The van der Waals surface area contributed by atoms with Gasteiger partial charge in [0.2, 0.25) is 5.91 Å². The van der Waals surface area contributed by atoms with E-state index >= 15 is 0 Å². The predicted octanol–water partition coefficient (Wildman–Crippen LogP) is 2.19. The van der Waals surface area contributed by atoms with Crippen LogP contribution in [0.25, 0.3) is 10.8 Å². The van der Waals surface area contributed by atoms with Gasteiger partial charge in [-0.3, -0.25) is 19.5 Å². The van der Waals surface area contributed by atoms with Crippen LogP contribution in [0.4, 0.5) is 0 Å². The van der Waals surface area contributed by atoms with Gasteiger partial charge in [-0.25, -0.2) is 4.68 Å². The van der Waals surface area contributed by atoms with Gasteiger partial charge >= 0.3 is 0 Å². The maximum absolute atomic E-state index is 12.8. The molecule has 7 nitrogen and oxygen atoms in total. The first-order valence-electron chi connectivity index (χ1n) is 10.1. The summed E-state index contributed by atoms with van der Waals surface area (Å²) in [5, 5.41) is 3.28. The highest BCUT2D eigenvalue weighted by atomic mass is 16.5. The molecule has 1 amide bonds. The molecule has 7 heteroatoms. The van der Waals surface area contributed by atoms with Crippen LogP contribution in [0.5, 0.6) is 0 Å². The topological polar surface area (TPSA) is 84.4 Å². The minimum atomic E-state index is -0.336. The Morgan fingerprint density at radius 3 is 2.43 bits per heavy atom. The first-order valence-corrected chi connectivity index (χ1v) is 10.1. The van der Waals surface area contributed by atoms with Crippen LogP contribution in [0.2, 0.25) is 0 Å². The van der Waals surface area contributed by atoms with Crippen LogP contribution in [0.3, 0.4) is 0 Å². The SMILES string of the molecule is COCCN(CCCc1ccccc1)C(=O)CCn1[nH]c(=O)c2ccccc2c1=O. The number of H-pyrrole nitrogens is 1. The molecule has 158 valence electrons. The number of amides is 1. The van der Waals surface area contributed by atoms with E-state index in [0.29, 0.717) is 30.5 Å². The second kappa shape index (κ2) is 10.5. The molecule has 3 aromatic rings. The number of fused-ring (bicyclic) bond motifs is 1. The van der Waals surface area contributed by atoms with Gasteiger partial charge in [0, 0.05) is 26.6 Å². The van der Waals surface area contributed by atoms with Crippen LogP contribution >= 0.6 is 0 Å². The van der Waals surface area contributed by atoms with Crippen molar-refractivity contribution in [2.75, 3.05) is 26.8 Å². The number of hydrogen-bond donors (Lipinski definition) is 1. The number of aryl methyl sites for hydroxylation is 2. The summed E-state index contributed by atoms with van der Waals surface area (Å²) in [5.74, 6) is -0.0685. The van der Waals surface area contributed by atoms with E-state index in [9.17, 15) is 14.4 Å². The molecule has 0 spiro atoms. The summed E-state index contributed by atoms with van der Waals surface area (Å²) in [6.07, 6.45) is 1.85. The molecular formula is C23H27N3O4. The Balaban J connectivity index is 1.64. The minimum absolute atomic E-state index is 0.0685. The number of carbonyl (C=O) groups excluding carboxylic acids is 1. The molecule has 0 fully saturated rings. The number of ether oxygens (including phenoxy) is 1. The second-order valence-corrected chi connectivity index (χ2v) is 7.16. The lowest BCUT2D eigenvalue weighted by molar-refractivity contribution is -0.132. The zero-order valence-electron chi connectivity index (χ0n) is 17.2. The third-order valence-corrected chi connectivity index (χ3v) is 5.09. The van der Waals surface area contributed by atoms with Crippen LogP contribution in [0, 0.1) is 0 Å². The Labute approximate surface area is 174 Å². The van der Waals surface area contributed by atoms with Crippen molar-refractivity contribution >= 4 is 16.7 Å². The van der Waals surface area contributed by atoms with E-state index in [2.05, 4.69) is 17.2 Å². The molecule has 0 saturated heterocycles. The van der Waals surface area contributed by atoms with Crippen LogP contribution < -0.4 is 11.1 Å². The number of carbonyl (C=O) groups is 1. The zero-order valence-corrected chi connectivity index (χ0v) is 17.2. The molecule has 0 bridgehead atoms. The van der Waals surface area contributed by atoms with Crippen molar-refractivity contribution in [2.24, 2.45) is 0 Å². The van der Waals surface area contributed by atoms with Gasteiger partial charge in [0.1, 0.15) is 0 Å². The zero-order chi connectivity index (χ0) is 21.3. The van der Waals surface area contributed by atoms with Crippen molar-refractivity contribution in [3.63, 3.8) is 0 Å². The minimum Gasteiger partial charge on any atom is -0.383 e. The van der Waals surface area contributed by atoms with Crippen molar-refractivity contribution < 1.29 is 9.53 Å². The third-order valence-electron chi connectivity index (χ3n) is 5.09. The van der Waals surface area contributed by atoms with Crippen molar-refractivity contribution in [3.8, 4) is 0 Å². The fraction of sp³-hybridized carbons (Fsp3) is 0.348. The van der Waals surface area contributed by atoms with Crippen molar-refractivity contribution in [1.82, 2.24) is 14.7 Å². The van der Waals surface area contributed by atoms with Crippen LogP contribution in [0.15, 0.2) is 64.2 Å². The number of nitrogens with one attached hydrogen (secondary N) is 1. The number of nitrogens with zero attached hydrogens (tertiary/aromatic N) is 2. The second-order valence-electron chi connectivity index (χ2n) is 7.16.